The predicted molar refractivity (Wildman–Crippen MR) is 91.2 cm³/mol. The lowest BCUT2D eigenvalue weighted by Crippen LogP contribution is -2.51. The normalized spacial score (nSPS) is 16.2. The molecule has 24 heavy (non-hydrogen) atoms. The van der Waals surface area contributed by atoms with Gasteiger partial charge in [-0.2, -0.15) is 5.10 Å². The Hall–Kier alpha value is -1.96. The Morgan fingerprint density at radius 3 is 2.75 bits per heavy atom. The smallest absolute Gasteiger partial charge is 0.256 e. The number of nitrogens with zero attached hydrogens (tertiary/aromatic N) is 2. The molecule has 3 rings (SSSR count). The van der Waals surface area contributed by atoms with E-state index in [1.165, 1.54) is 16.9 Å². The molecule has 1 amide bonds. The minimum absolute atomic E-state index is 0. The molecule has 0 atom stereocenters. The lowest BCUT2D eigenvalue weighted by atomic mass is 9.91. The van der Waals surface area contributed by atoms with Crippen LogP contribution < -0.4 is 10.6 Å². The zero-order chi connectivity index (χ0) is 16.3. The first-order valence-corrected chi connectivity index (χ1v) is 7.51. The number of carbonyl (C=O) groups is 1. The molecule has 6 nitrogen and oxygen atoms in total. The van der Waals surface area contributed by atoms with E-state index in [1.807, 2.05) is 0 Å². The summed E-state index contributed by atoms with van der Waals surface area (Å²) in [5.41, 5.74) is 0.00950. The van der Waals surface area contributed by atoms with Crippen LogP contribution in [0.3, 0.4) is 0 Å². The maximum absolute atomic E-state index is 13.8. The van der Waals surface area contributed by atoms with Crippen molar-refractivity contribution in [1.29, 1.82) is 0 Å². The van der Waals surface area contributed by atoms with Crippen molar-refractivity contribution in [2.75, 3.05) is 25.5 Å². The van der Waals surface area contributed by atoms with E-state index in [2.05, 4.69) is 15.7 Å². The van der Waals surface area contributed by atoms with Crippen LogP contribution in [0.2, 0.25) is 0 Å². The third-order valence-corrected chi connectivity index (χ3v) is 4.16. The highest BCUT2D eigenvalue weighted by Gasteiger charge is 2.39. The molecule has 8 heteroatoms. The summed E-state index contributed by atoms with van der Waals surface area (Å²) in [4.78, 5) is 12.6. The van der Waals surface area contributed by atoms with Gasteiger partial charge in [0.2, 0.25) is 0 Å². The summed E-state index contributed by atoms with van der Waals surface area (Å²) < 4.78 is 20.7. The van der Waals surface area contributed by atoms with Crippen LogP contribution in [0, 0.1) is 5.82 Å². The summed E-state index contributed by atoms with van der Waals surface area (Å²) in [7, 11) is 1.55. The van der Waals surface area contributed by atoms with Crippen molar-refractivity contribution in [1.82, 2.24) is 15.1 Å². The number of hydrogen-bond donors (Lipinski definition) is 2. The van der Waals surface area contributed by atoms with Gasteiger partial charge in [0.05, 0.1) is 18.1 Å². The van der Waals surface area contributed by atoms with E-state index in [9.17, 15) is 9.18 Å². The van der Waals surface area contributed by atoms with E-state index in [0.717, 1.165) is 13.1 Å². The molecular formula is C16H20ClFN4O2. The van der Waals surface area contributed by atoms with E-state index in [4.69, 9.17) is 4.74 Å². The Morgan fingerprint density at radius 1 is 1.38 bits per heavy atom. The van der Waals surface area contributed by atoms with Gasteiger partial charge in [0, 0.05) is 7.11 Å². The van der Waals surface area contributed by atoms with Crippen LogP contribution in [0.4, 0.5) is 10.1 Å². The molecule has 1 saturated heterocycles. The van der Waals surface area contributed by atoms with Crippen LogP contribution in [0.5, 0.6) is 0 Å². The summed E-state index contributed by atoms with van der Waals surface area (Å²) in [5.74, 6) is -0.574. The number of halogens is 2. The van der Waals surface area contributed by atoms with Gasteiger partial charge in [-0.25, -0.2) is 9.07 Å². The monoisotopic (exact) mass is 354 g/mol. The van der Waals surface area contributed by atoms with E-state index < -0.39 is 5.60 Å². The molecule has 130 valence electrons. The van der Waals surface area contributed by atoms with Crippen molar-refractivity contribution in [3.05, 3.63) is 42.5 Å². The SMILES string of the molecule is COC1(C(=O)Nc2cnn(-c3ccccc3F)c2)CCNCC1.Cl. The van der Waals surface area contributed by atoms with Gasteiger partial charge < -0.3 is 15.4 Å². The van der Waals surface area contributed by atoms with Crippen LogP contribution in [0.25, 0.3) is 5.69 Å². The van der Waals surface area contributed by atoms with Gasteiger partial charge in [0.15, 0.2) is 0 Å². The molecule has 0 bridgehead atoms. The van der Waals surface area contributed by atoms with Gasteiger partial charge in [-0.1, -0.05) is 12.1 Å². The molecule has 0 spiro atoms. The Balaban J connectivity index is 0.00000208. The lowest BCUT2D eigenvalue weighted by Gasteiger charge is -2.34. The number of carbonyl (C=O) groups excluding carboxylic acids is 1. The predicted octanol–water partition coefficient (Wildman–Crippen LogP) is 2.14. The summed E-state index contributed by atoms with van der Waals surface area (Å²) in [6.07, 6.45) is 4.29. The third-order valence-electron chi connectivity index (χ3n) is 4.16. The molecule has 2 N–H and O–H groups in total. The van der Waals surface area contributed by atoms with E-state index in [1.54, 1.807) is 31.5 Å². The molecule has 0 radical (unpaired) electrons. The minimum atomic E-state index is -0.828. The van der Waals surface area contributed by atoms with Crippen molar-refractivity contribution in [2.24, 2.45) is 0 Å². The van der Waals surface area contributed by atoms with E-state index in [0.29, 0.717) is 24.2 Å². The van der Waals surface area contributed by atoms with Crippen LogP contribution >= 0.6 is 12.4 Å². The van der Waals surface area contributed by atoms with Gasteiger partial charge in [-0.3, -0.25) is 4.79 Å². The zero-order valence-corrected chi connectivity index (χ0v) is 14.1. The van der Waals surface area contributed by atoms with Crippen LogP contribution in [0.15, 0.2) is 36.7 Å². The second kappa shape index (κ2) is 7.74. The average Bonchev–Trinajstić information content (AvgIpc) is 3.04. The highest BCUT2D eigenvalue weighted by atomic mass is 35.5. The van der Waals surface area contributed by atoms with Crippen molar-refractivity contribution in [2.45, 2.75) is 18.4 Å². The number of anilines is 1. The van der Waals surface area contributed by atoms with Gasteiger partial charge in [0.25, 0.3) is 5.91 Å². The second-order valence-electron chi connectivity index (χ2n) is 5.53. The maximum Gasteiger partial charge on any atom is 0.256 e. The van der Waals surface area contributed by atoms with Crippen LogP contribution in [0.1, 0.15) is 12.8 Å². The van der Waals surface area contributed by atoms with Gasteiger partial charge in [-0.05, 0) is 38.1 Å². The van der Waals surface area contributed by atoms with Crippen LogP contribution in [-0.2, 0) is 9.53 Å². The molecule has 0 saturated carbocycles. The number of benzene rings is 1. The molecule has 1 fully saturated rings. The van der Waals surface area contributed by atoms with Crippen LogP contribution in [-0.4, -0.2) is 41.5 Å². The standard InChI is InChI=1S/C16H19FN4O2.ClH/c1-23-16(6-8-18-9-7-16)15(22)20-12-10-19-21(11-12)14-5-3-2-4-13(14)17;/h2-5,10-11,18H,6-9H2,1H3,(H,20,22);1H. The highest BCUT2D eigenvalue weighted by Crippen LogP contribution is 2.25. The number of ether oxygens (including phenoxy) is 1. The number of hydrogen-bond acceptors (Lipinski definition) is 4. The first-order chi connectivity index (χ1) is 11.1. The summed E-state index contributed by atoms with van der Waals surface area (Å²) in [5, 5.41) is 10.1. The molecule has 1 aromatic carbocycles. The Labute approximate surface area is 145 Å². The largest absolute Gasteiger partial charge is 0.368 e. The number of piperidine rings is 1. The van der Waals surface area contributed by atoms with Gasteiger partial charge in [-0.15, -0.1) is 12.4 Å². The fraction of sp³-hybridized carbons (Fsp3) is 0.375. The Bertz CT molecular complexity index is 701. The van der Waals surface area contributed by atoms with E-state index in [-0.39, 0.29) is 24.1 Å². The zero-order valence-electron chi connectivity index (χ0n) is 13.3. The second-order valence-corrected chi connectivity index (χ2v) is 5.53. The van der Waals surface area contributed by atoms with Crippen molar-refractivity contribution >= 4 is 24.0 Å². The average molecular weight is 355 g/mol. The first kappa shape index (κ1) is 18.4. The lowest BCUT2D eigenvalue weighted by molar-refractivity contribution is -0.140. The fourth-order valence-electron chi connectivity index (χ4n) is 2.76. The summed E-state index contributed by atoms with van der Waals surface area (Å²) >= 11 is 0. The quantitative estimate of drug-likeness (QED) is 0.882. The number of para-hydroxylation sites is 1. The van der Waals surface area contributed by atoms with Crippen molar-refractivity contribution in [3.8, 4) is 5.69 Å². The first-order valence-electron chi connectivity index (χ1n) is 7.51. The van der Waals surface area contributed by atoms with E-state index >= 15 is 0 Å². The Morgan fingerprint density at radius 2 is 2.08 bits per heavy atom. The van der Waals surface area contributed by atoms with Crippen molar-refractivity contribution in [3.63, 3.8) is 0 Å². The maximum atomic E-state index is 13.8. The van der Waals surface area contributed by atoms with Crippen molar-refractivity contribution < 1.29 is 13.9 Å². The topological polar surface area (TPSA) is 68.2 Å². The summed E-state index contributed by atoms with van der Waals surface area (Å²) in [6.45, 7) is 1.46. The number of amides is 1. The molecular weight excluding hydrogens is 335 g/mol. The molecule has 2 aromatic rings. The number of nitrogens with one attached hydrogen (secondary N) is 2. The van der Waals surface area contributed by atoms with Gasteiger partial charge >= 0.3 is 0 Å². The highest BCUT2D eigenvalue weighted by molar-refractivity contribution is 5.97. The minimum Gasteiger partial charge on any atom is -0.368 e. The molecule has 1 aliphatic heterocycles. The fourth-order valence-corrected chi connectivity index (χ4v) is 2.76. The number of methoxy groups -OCH3 is 1. The Kier molecular flexibility index (Phi) is 5.93. The summed E-state index contributed by atoms with van der Waals surface area (Å²) in [6, 6.07) is 6.33. The molecule has 1 aliphatic rings. The van der Waals surface area contributed by atoms with Gasteiger partial charge in [0.1, 0.15) is 17.1 Å². The third kappa shape index (κ3) is 3.58. The molecule has 2 heterocycles. The molecule has 0 aliphatic carbocycles. The number of rotatable bonds is 4. The number of aromatic nitrogens is 2. The molecule has 1 aromatic heterocycles. The molecule has 0 unspecified atom stereocenters.